The van der Waals surface area contributed by atoms with E-state index in [1.807, 2.05) is 0 Å². The molecule has 2 aliphatic rings. The highest BCUT2D eigenvalue weighted by Crippen LogP contribution is 2.14. The van der Waals surface area contributed by atoms with Crippen molar-refractivity contribution in [3.63, 3.8) is 0 Å². The van der Waals surface area contributed by atoms with Crippen LogP contribution < -0.4 is 10.5 Å². The molecular weight excluding hydrogens is 274 g/mol. The fourth-order valence-corrected chi connectivity index (χ4v) is 2.60. The van der Waals surface area contributed by atoms with E-state index in [1.54, 1.807) is 6.20 Å². The Kier molecular flexibility index (Phi) is 4.31. The molecule has 1 aromatic rings. The number of morpholine rings is 1. The third-order valence-electron chi connectivity index (χ3n) is 3.92. The highest BCUT2D eigenvalue weighted by Gasteiger charge is 2.24. The van der Waals surface area contributed by atoms with Crippen LogP contribution in [0.3, 0.4) is 0 Å². The number of ketones is 1. The molecule has 0 spiro atoms. The van der Waals surface area contributed by atoms with Crippen molar-refractivity contribution in [1.82, 2.24) is 9.78 Å². The van der Waals surface area contributed by atoms with E-state index in [-0.39, 0.29) is 23.8 Å². The number of hydrogen-bond donors (Lipinski definition) is 0. The summed E-state index contributed by atoms with van der Waals surface area (Å²) >= 11 is 0. The number of anilines is 1. The summed E-state index contributed by atoms with van der Waals surface area (Å²) < 4.78 is 11.7. The predicted molar refractivity (Wildman–Crippen MR) is 75.5 cm³/mol. The molecule has 0 N–H and O–H groups in total. The molecule has 3 heterocycles. The Morgan fingerprint density at radius 2 is 2.10 bits per heavy atom. The average molecular weight is 293 g/mol. The number of ether oxygens (including phenoxy) is 2. The Bertz CT molecular complexity index is 560. The van der Waals surface area contributed by atoms with E-state index in [4.69, 9.17) is 9.47 Å². The van der Waals surface area contributed by atoms with Gasteiger partial charge in [-0.2, -0.15) is 5.10 Å². The van der Waals surface area contributed by atoms with Crippen molar-refractivity contribution in [3.05, 3.63) is 22.6 Å². The van der Waals surface area contributed by atoms with Crippen LogP contribution in [0.15, 0.2) is 17.1 Å². The minimum Gasteiger partial charge on any atom is -0.381 e. The van der Waals surface area contributed by atoms with E-state index in [9.17, 15) is 9.59 Å². The SMILES string of the molecule is O=C(Cn1ncc(N2CCOCC2)cc1=O)C1CCOC1. The molecule has 0 bridgehead atoms. The van der Waals surface area contributed by atoms with Gasteiger partial charge in [-0.05, 0) is 6.42 Å². The molecule has 0 radical (unpaired) electrons. The number of nitrogens with zero attached hydrogens (tertiary/aromatic N) is 3. The van der Waals surface area contributed by atoms with Crippen LogP contribution in [0.1, 0.15) is 6.42 Å². The molecule has 2 saturated heterocycles. The van der Waals surface area contributed by atoms with Gasteiger partial charge in [-0.15, -0.1) is 0 Å². The maximum atomic E-state index is 12.1. The smallest absolute Gasteiger partial charge is 0.269 e. The summed E-state index contributed by atoms with van der Waals surface area (Å²) in [5.41, 5.74) is 0.544. The Morgan fingerprint density at radius 3 is 2.76 bits per heavy atom. The van der Waals surface area contributed by atoms with Gasteiger partial charge in [-0.1, -0.05) is 0 Å². The second kappa shape index (κ2) is 6.36. The maximum Gasteiger partial charge on any atom is 0.269 e. The maximum absolute atomic E-state index is 12.1. The lowest BCUT2D eigenvalue weighted by molar-refractivity contribution is -0.123. The molecule has 1 atom stereocenters. The molecule has 114 valence electrons. The zero-order valence-electron chi connectivity index (χ0n) is 11.9. The summed E-state index contributed by atoms with van der Waals surface area (Å²) in [4.78, 5) is 26.2. The van der Waals surface area contributed by atoms with Crippen LogP contribution in [0.25, 0.3) is 0 Å². The summed E-state index contributed by atoms with van der Waals surface area (Å²) in [5, 5.41) is 4.12. The van der Waals surface area contributed by atoms with Crippen molar-refractivity contribution in [2.45, 2.75) is 13.0 Å². The van der Waals surface area contributed by atoms with Crippen LogP contribution in [-0.2, 0) is 20.8 Å². The Hall–Kier alpha value is -1.73. The van der Waals surface area contributed by atoms with Gasteiger partial charge in [0.2, 0.25) is 0 Å². The summed E-state index contributed by atoms with van der Waals surface area (Å²) in [6.45, 7) is 3.92. The molecule has 21 heavy (non-hydrogen) atoms. The van der Waals surface area contributed by atoms with Gasteiger partial charge in [-0.3, -0.25) is 9.59 Å². The number of rotatable bonds is 4. The van der Waals surface area contributed by atoms with E-state index in [1.165, 1.54) is 10.7 Å². The van der Waals surface area contributed by atoms with Gasteiger partial charge in [-0.25, -0.2) is 4.68 Å². The summed E-state index contributed by atoms with van der Waals surface area (Å²) in [5.74, 6) is -0.0844. The van der Waals surface area contributed by atoms with Crippen LogP contribution in [0.2, 0.25) is 0 Å². The second-order valence-electron chi connectivity index (χ2n) is 5.34. The van der Waals surface area contributed by atoms with E-state index in [0.29, 0.717) is 26.4 Å². The topological polar surface area (TPSA) is 73.7 Å². The minimum atomic E-state index is -0.244. The minimum absolute atomic E-state index is 0.0150. The number of Topliss-reactive ketones (excluding diaryl/α,β-unsaturated/α-hetero) is 1. The van der Waals surface area contributed by atoms with Gasteiger partial charge in [0.1, 0.15) is 6.54 Å². The largest absolute Gasteiger partial charge is 0.381 e. The van der Waals surface area contributed by atoms with Crippen LogP contribution in [0.4, 0.5) is 5.69 Å². The second-order valence-corrected chi connectivity index (χ2v) is 5.34. The lowest BCUT2D eigenvalue weighted by Crippen LogP contribution is -2.38. The summed E-state index contributed by atoms with van der Waals surface area (Å²) in [6.07, 6.45) is 2.38. The molecule has 0 aliphatic carbocycles. The molecule has 1 aromatic heterocycles. The van der Waals surface area contributed by atoms with E-state index in [0.717, 1.165) is 25.2 Å². The van der Waals surface area contributed by atoms with Crippen molar-refractivity contribution in [3.8, 4) is 0 Å². The predicted octanol–water partition coefficient (Wildman–Crippen LogP) is -0.314. The normalized spacial score (nSPS) is 22.5. The number of aromatic nitrogens is 2. The fraction of sp³-hybridized carbons (Fsp3) is 0.643. The van der Waals surface area contributed by atoms with Crippen LogP contribution >= 0.6 is 0 Å². The van der Waals surface area contributed by atoms with Gasteiger partial charge < -0.3 is 14.4 Å². The first-order valence-electron chi connectivity index (χ1n) is 7.24. The third kappa shape index (κ3) is 3.30. The van der Waals surface area contributed by atoms with Gasteiger partial charge in [0.25, 0.3) is 5.56 Å². The number of hydrogen-bond acceptors (Lipinski definition) is 6. The first-order valence-corrected chi connectivity index (χ1v) is 7.24. The van der Waals surface area contributed by atoms with Crippen molar-refractivity contribution >= 4 is 11.5 Å². The molecule has 1 unspecified atom stereocenters. The monoisotopic (exact) mass is 293 g/mol. The zero-order valence-corrected chi connectivity index (χ0v) is 11.9. The average Bonchev–Trinajstić information content (AvgIpc) is 3.04. The summed E-state index contributed by atoms with van der Waals surface area (Å²) in [7, 11) is 0. The van der Waals surface area contributed by atoms with Crippen molar-refractivity contribution in [2.24, 2.45) is 5.92 Å². The molecule has 2 aliphatic heterocycles. The van der Waals surface area contributed by atoms with Crippen molar-refractivity contribution in [2.75, 3.05) is 44.4 Å². The number of carbonyl (C=O) groups excluding carboxylic acids is 1. The molecule has 0 aromatic carbocycles. The molecule has 7 nitrogen and oxygen atoms in total. The molecular formula is C14H19N3O4. The van der Waals surface area contributed by atoms with Crippen molar-refractivity contribution < 1.29 is 14.3 Å². The van der Waals surface area contributed by atoms with Crippen LogP contribution in [0.5, 0.6) is 0 Å². The highest BCUT2D eigenvalue weighted by atomic mass is 16.5. The van der Waals surface area contributed by atoms with E-state index in [2.05, 4.69) is 10.00 Å². The van der Waals surface area contributed by atoms with Crippen LogP contribution in [0, 0.1) is 5.92 Å². The molecule has 3 rings (SSSR count). The van der Waals surface area contributed by atoms with Crippen molar-refractivity contribution in [1.29, 1.82) is 0 Å². The van der Waals surface area contributed by atoms with Gasteiger partial charge in [0.15, 0.2) is 5.78 Å². The zero-order chi connectivity index (χ0) is 14.7. The third-order valence-corrected chi connectivity index (χ3v) is 3.92. The first-order chi connectivity index (χ1) is 10.2. The quantitative estimate of drug-likeness (QED) is 0.758. The highest BCUT2D eigenvalue weighted by molar-refractivity contribution is 5.81. The molecule has 7 heteroatoms. The molecule has 0 amide bonds. The Labute approximate surface area is 122 Å². The lowest BCUT2D eigenvalue weighted by Gasteiger charge is -2.28. The Morgan fingerprint density at radius 1 is 1.29 bits per heavy atom. The van der Waals surface area contributed by atoms with E-state index >= 15 is 0 Å². The number of carbonyl (C=O) groups is 1. The standard InChI is InChI=1S/C14H19N3O4/c18-13(11-1-4-21-10-11)9-17-14(19)7-12(8-15-17)16-2-5-20-6-3-16/h7-8,11H,1-6,9-10H2. The van der Waals surface area contributed by atoms with Gasteiger partial charge >= 0.3 is 0 Å². The fourth-order valence-electron chi connectivity index (χ4n) is 2.60. The first kappa shape index (κ1) is 14.2. The lowest BCUT2D eigenvalue weighted by atomic mass is 10.0. The summed E-state index contributed by atoms with van der Waals surface area (Å²) in [6, 6.07) is 1.54. The molecule has 0 saturated carbocycles. The molecule has 2 fully saturated rings. The van der Waals surface area contributed by atoms with E-state index < -0.39 is 0 Å². The van der Waals surface area contributed by atoms with Gasteiger partial charge in [0.05, 0.1) is 31.7 Å². The Balaban J connectivity index is 1.69. The van der Waals surface area contributed by atoms with Gasteiger partial charge in [0, 0.05) is 31.7 Å². The van der Waals surface area contributed by atoms with Crippen LogP contribution in [-0.4, -0.2) is 55.1 Å².